The van der Waals surface area contributed by atoms with Crippen molar-refractivity contribution in [1.29, 1.82) is 0 Å². The molecule has 17 heavy (non-hydrogen) atoms. The largest absolute Gasteiger partial charge is 0.384 e. The molecule has 2 heterocycles. The number of anilines is 1. The summed E-state index contributed by atoms with van der Waals surface area (Å²) >= 11 is 0. The number of aryl methyl sites for hydroxylation is 1. The van der Waals surface area contributed by atoms with Crippen LogP contribution in [0.2, 0.25) is 0 Å². The van der Waals surface area contributed by atoms with Gasteiger partial charge in [-0.2, -0.15) is 0 Å². The van der Waals surface area contributed by atoms with Gasteiger partial charge in [-0.15, -0.1) is 0 Å². The molecule has 0 radical (unpaired) electrons. The van der Waals surface area contributed by atoms with E-state index in [1.54, 1.807) is 12.3 Å². The summed E-state index contributed by atoms with van der Waals surface area (Å²) in [6, 6.07) is 11.4. The quantitative estimate of drug-likeness (QED) is 0.820. The number of hydrogen-bond acceptors (Lipinski definition) is 4. The van der Waals surface area contributed by atoms with Crippen LogP contribution in [0.1, 0.15) is 11.4 Å². The minimum absolute atomic E-state index is 0.588. The Hall–Kier alpha value is -1.94. The second-order valence-electron chi connectivity index (χ2n) is 3.56. The van der Waals surface area contributed by atoms with Crippen molar-refractivity contribution in [3.05, 3.63) is 54.0 Å². The lowest BCUT2D eigenvalue weighted by atomic mass is 10.3. The second kappa shape index (κ2) is 7.35. The molecule has 2 aromatic heterocycles. The van der Waals surface area contributed by atoms with Gasteiger partial charge in [0.15, 0.2) is 0 Å². The first kappa shape index (κ1) is 13.1. The Labute approximate surface area is 102 Å². The molecule has 0 saturated heterocycles. The van der Waals surface area contributed by atoms with Gasteiger partial charge in [-0.3, -0.25) is 4.98 Å². The first-order chi connectivity index (χ1) is 8.22. The maximum atomic E-state index is 5.35. The van der Waals surface area contributed by atoms with Crippen molar-refractivity contribution in [2.45, 2.75) is 13.3 Å². The third kappa shape index (κ3) is 5.63. The van der Waals surface area contributed by atoms with Crippen LogP contribution in [0.4, 0.5) is 5.82 Å². The number of pyridine rings is 2. The zero-order chi connectivity index (χ0) is 12.5. The van der Waals surface area contributed by atoms with Crippen molar-refractivity contribution in [2.75, 3.05) is 12.3 Å². The molecule has 4 heteroatoms. The number of nitrogens with two attached hydrogens (primary N) is 2. The normalized spacial score (nSPS) is 9.29. The van der Waals surface area contributed by atoms with Gasteiger partial charge in [0.2, 0.25) is 0 Å². The van der Waals surface area contributed by atoms with Crippen LogP contribution in [0.5, 0.6) is 0 Å². The van der Waals surface area contributed by atoms with Gasteiger partial charge in [0, 0.05) is 24.0 Å². The highest BCUT2D eigenvalue weighted by Gasteiger charge is 1.86. The monoisotopic (exact) mass is 230 g/mol. The lowest BCUT2D eigenvalue weighted by molar-refractivity contribution is 0.923. The van der Waals surface area contributed by atoms with Crippen LogP contribution in [-0.2, 0) is 6.42 Å². The highest BCUT2D eigenvalue weighted by Crippen LogP contribution is 1.96. The lowest BCUT2D eigenvalue weighted by Gasteiger charge is -1.92. The first-order valence-electron chi connectivity index (χ1n) is 5.51. The van der Waals surface area contributed by atoms with Gasteiger partial charge >= 0.3 is 0 Å². The Morgan fingerprint density at radius 1 is 1.12 bits per heavy atom. The van der Waals surface area contributed by atoms with Gasteiger partial charge in [-0.1, -0.05) is 12.1 Å². The zero-order valence-electron chi connectivity index (χ0n) is 10.0. The molecule has 4 N–H and O–H groups in total. The molecule has 4 nitrogen and oxygen atoms in total. The van der Waals surface area contributed by atoms with Gasteiger partial charge in [0.05, 0.1) is 0 Å². The number of hydrogen-bond donors (Lipinski definition) is 2. The van der Waals surface area contributed by atoms with E-state index in [4.69, 9.17) is 11.5 Å². The standard InChI is InChI=1S/C7H10N2.C6H8N2/c8-5-4-7-3-1-2-6-9-7;1-5-3-2-4-6(7)8-5/h1-3,6H,4-5,8H2;2-4H,1H3,(H2,7,8). The fraction of sp³-hybridized carbons (Fsp3) is 0.231. The summed E-state index contributed by atoms with van der Waals surface area (Å²) in [7, 11) is 0. The average molecular weight is 230 g/mol. The fourth-order valence-corrected chi connectivity index (χ4v) is 1.26. The number of aromatic nitrogens is 2. The minimum atomic E-state index is 0.588. The molecule has 2 aromatic rings. The van der Waals surface area contributed by atoms with Gasteiger partial charge in [-0.05, 0) is 37.7 Å². The SMILES string of the molecule is Cc1cccc(N)n1.NCCc1ccccn1. The van der Waals surface area contributed by atoms with Crippen LogP contribution in [0.15, 0.2) is 42.6 Å². The highest BCUT2D eigenvalue weighted by atomic mass is 14.8. The van der Waals surface area contributed by atoms with E-state index in [2.05, 4.69) is 9.97 Å². The predicted molar refractivity (Wildman–Crippen MR) is 70.4 cm³/mol. The minimum Gasteiger partial charge on any atom is -0.384 e. The second-order valence-corrected chi connectivity index (χ2v) is 3.56. The van der Waals surface area contributed by atoms with Crippen LogP contribution < -0.4 is 11.5 Å². The number of nitrogens with zero attached hydrogens (tertiary/aromatic N) is 2. The van der Waals surface area contributed by atoms with Crippen molar-refractivity contribution < 1.29 is 0 Å². The molecule has 0 aromatic carbocycles. The maximum absolute atomic E-state index is 5.35. The summed E-state index contributed by atoms with van der Waals surface area (Å²) in [6.07, 6.45) is 2.66. The Kier molecular flexibility index (Phi) is 5.68. The third-order valence-corrected chi connectivity index (χ3v) is 2.04. The molecular weight excluding hydrogens is 212 g/mol. The molecular formula is C13H18N4. The topological polar surface area (TPSA) is 77.8 Å². The summed E-state index contributed by atoms with van der Waals surface area (Å²) in [5, 5.41) is 0. The van der Waals surface area contributed by atoms with E-state index in [1.807, 2.05) is 37.3 Å². The molecule has 0 aliphatic carbocycles. The van der Waals surface area contributed by atoms with Gasteiger partial charge in [0.25, 0.3) is 0 Å². The van der Waals surface area contributed by atoms with Crippen LogP contribution in [-0.4, -0.2) is 16.5 Å². The van der Waals surface area contributed by atoms with Crippen molar-refractivity contribution in [3.63, 3.8) is 0 Å². The Balaban J connectivity index is 0.000000171. The maximum Gasteiger partial charge on any atom is 0.123 e. The van der Waals surface area contributed by atoms with Crippen LogP contribution in [0.25, 0.3) is 0 Å². The summed E-state index contributed by atoms with van der Waals surface area (Å²) in [4.78, 5) is 8.04. The van der Waals surface area contributed by atoms with E-state index in [-0.39, 0.29) is 0 Å². The molecule has 0 atom stereocenters. The fourth-order valence-electron chi connectivity index (χ4n) is 1.26. The van der Waals surface area contributed by atoms with E-state index in [1.165, 1.54) is 0 Å². The molecule has 0 spiro atoms. The Morgan fingerprint density at radius 3 is 2.41 bits per heavy atom. The van der Waals surface area contributed by atoms with E-state index >= 15 is 0 Å². The van der Waals surface area contributed by atoms with Gasteiger partial charge in [-0.25, -0.2) is 4.98 Å². The third-order valence-electron chi connectivity index (χ3n) is 2.04. The Bertz CT molecular complexity index is 411. The van der Waals surface area contributed by atoms with E-state index in [0.29, 0.717) is 12.4 Å². The van der Waals surface area contributed by atoms with Crippen LogP contribution in [0, 0.1) is 6.92 Å². The van der Waals surface area contributed by atoms with Crippen molar-refractivity contribution >= 4 is 5.82 Å². The predicted octanol–water partition coefficient (Wildman–Crippen LogP) is 1.56. The smallest absolute Gasteiger partial charge is 0.123 e. The lowest BCUT2D eigenvalue weighted by Crippen LogP contribution is -2.03. The molecule has 0 saturated carbocycles. The molecule has 0 bridgehead atoms. The van der Waals surface area contributed by atoms with Gasteiger partial charge < -0.3 is 11.5 Å². The molecule has 2 rings (SSSR count). The average Bonchev–Trinajstić information content (AvgIpc) is 2.31. The first-order valence-corrected chi connectivity index (χ1v) is 5.51. The Morgan fingerprint density at radius 2 is 1.94 bits per heavy atom. The summed E-state index contributed by atoms with van der Waals surface area (Å²) in [6.45, 7) is 2.59. The van der Waals surface area contributed by atoms with Crippen molar-refractivity contribution in [1.82, 2.24) is 9.97 Å². The molecule has 90 valence electrons. The van der Waals surface area contributed by atoms with E-state index < -0.39 is 0 Å². The van der Waals surface area contributed by atoms with Crippen molar-refractivity contribution in [2.24, 2.45) is 5.73 Å². The summed E-state index contributed by atoms with van der Waals surface area (Å²) in [5.41, 5.74) is 12.7. The molecule has 0 amide bonds. The van der Waals surface area contributed by atoms with Crippen molar-refractivity contribution in [3.8, 4) is 0 Å². The van der Waals surface area contributed by atoms with Crippen LogP contribution >= 0.6 is 0 Å². The summed E-state index contributed by atoms with van der Waals surface area (Å²) in [5.74, 6) is 0.588. The summed E-state index contributed by atoms with van der Waals surface area (Å²) < 4.78 is 0. The number of nitrogen functional groups attached to an aromatic ring is 1. The van der Waals surface area contributed by atoms with Gasteiger partial charge in [0.1, 0.15) is 5.82 Å². The molecule has 0 fully saturated rings. The zero-order valence-corrected chi connectivity index (χ0v) is 10.0. The number of rotatable bonds is 2. The van der Waals surface area contributed by atoms with Crippen LogP contribution in [0.3, 0.4) is 0 Å². The molecule has 0 aliphatic rings. The highest BCUT2D eigenvalue weighted by molar-refractivity contribution is 5.28. The van der Waals surface area contributed by atoms with E-state index in [0.717, 1.165) is 17.8 Å². The molecule has 0 aliphatic heterocycles. The molecule has 0 unspecified atom stereocenters. The van der Waals surface area contributed by atoms with E-state index in [9.17, 15) is 0 Å².